The van der Waals surface area contributed by atoms with Gasteiger partial charge in [-0.3, -0.25) is 4.79 Å². The zero-order valence-corrected chi connectivity index (χ0v) is 10.4. The van der Waals surface area contributed by atoms with Gasteiger partial charge in [-0.05, 0) is 43.9 Å². The van der Waals surface area contributed by atoms with Crippen molar-refractivity contribution in [3.05, 3.63) is 0 Å². The Morgan fingerprint density at radius 1 is 1.33 bits per heavy atom. The molecule has 15 heavy (non-hydrogen) atoms. The topological polar surface area (TPSA) is 37.3 Å². The maximum Gasteiger partial charge on any atom is 0.309 e. The van der Waals surface area contributed by atoms with E-state index in [2.05, 4.69) is 13.8 Å². The molecule has 0 saturated heterocycles. The predicted molar refractivity (Wildman–Crippen MR) is 61.7 cm³/mol. The molecule has 0 aromatic heterocycles. The second-order valence-electron chi connectivity index (χ2n) is 5.54. The summed E-state index contributed by atoms with van der Waals surface area (Å²) in [5.74, 6) is 1.19. The van der Waals surface area contributed by atoms with Gasteiger partial charge in [0.25, 0.3) is 0 Å². The van der Waals surface area contributed by atoms with Gasteiger partial charge in [-0.2, -0.15) is 0 Å². The molecular weight excluding hydrogens is 188 g/mol. The van der Waals surface area contributed by atoms with Crippen molar-refractivity contribution in [2.24, 2.45) is 23.2 Å². The highest BCUT2D eigenvalue weighted by atomic mass is 16.4. The van der Waals surface area contributed by atoms with Crippen LogP contribution in [0.3, 0.4) is 0 Å². The lowest BCUT2D eigenvalue weighted by atomic mass is 9.64. The van der Waals surface area contributed by atoms with Crippen molar-refractivity contribution in [3.63, 3.8) is 0 Å². The Morgan fingerprint density at radius 2 is 1.93 bits per heavy atom. The minimum absolute atomic E-state index is 0.367. The van der Waals surface area contributed by atoms with E-state index in [1.165, 1.54) is 6.42 Å². The van der Waals surface area contributed by atoms with Gasteiger partial charge in [0.2, 0.25) is 0 Å². The Hall–Kier alpha value is -0.530. The van der Waals surface area contributed by atoms with Crippen LogP contribution in [0.4, 0.5) is 0 Å². The first-order valence-corrected chi connectivity index (χ1v) is 6.15. The van der Waals surface area contributed by atoms with Gasteiger partial charge in [-0.15, -0.1) is 0 Å². The molecule has 0 aliphatic heterocycles. The number of carbonyl (C=O) groups is 1. The van der Waals surface area contributed by atoms with Gasteiger partial charge in [-0.1, -0.05) is 27.2 Å². The second-order valence-corrected chi connectivity index (χ2v) is 5.54. The highest BCUT2D eigenvalue weighted by Gasteiger charge is 2.42. The maximum atomic E-state index is 11.3. The lowest BCUT2D eigenvalue weighted by molar-refractivity contribution is -0.153. The van der Waals surface area contributed by atoms with Crippen LogP contribution >= 0.6 is 0 Å². The Kier molecular flexibility index (Phi) is 3.80. The molecule has 1 saturated carbocycles. The van der Waals surface area contributed by atoms with Crippen molar-refractivity contribution in [1.82, 2.24) is 0 Å². The molecule has 1 N–H and O–H groups in total. The summed E-state index contributed by atoms with van der Waals surface area (Å²) in [6.07, 6.45) is 4.10. The largest absolute Gasteiger partial charge is 0.481 e. The Morgan fingerprint density at radius 3 is 2.33 bits per heavy atom. The Bertz CT molecular complexity index is 237. The van der Waals surface area contributed by atoms with Crippen molar-refractivity contribution in [1.29, 1.82) is 0 Å². The molecule has 0 aromatic carbocycles. The SMILES string of the molecule is CCC(C)(C(=O)O)C1CCC(C)C(C)C1. The molecule has 1 rings (SSSR count). The van der Waals surface area contributed by atoms with E-state index in [-0.39, 0.29) is 0 Å². The average Bonchev–Trinajstić information content (AvgIpc) is 2.20. The van der Waals surface area contributed by atoms with E-state index in [0.717, 1.165) is 25.2 Å². The second kappa shape index (κ2) is 4.54. The maximum absolute atomic E-state index is 11.3. The summed E-state index contributed by atoms with van der Waals surface area (Å²) in [6, 6.07) is 0. The molecule has 4 atom stereocenters. The molecular formula is C13H24O2. The van der Waals surface area contributed by atoms with Crippen LogP contribution in [0.1, 0.15) is 53.4 Å². The summed E-state index contributed by atoms with van der Waals surface area (Å²) in [5.41, 5.74) is -0.506. The highest BCUT2D eigenvalue weighted by molar-refractivity contribution is 5.74. The van der Waals surface area contributed by atoms with Gasteiger partial charge in [0, 0.05) is 0 Å². The van der Waals surface area contributed by atoms with E-state index in [1.807, 2.05) is 13.8 Å². The minimum Gasteiger partial charge on any atom is -0.481 e. The summed E-state index contributed by atoms with van der Waals surface area (Å²) >= 11 is 0. The Balaban J connectivity index is 2.75. The fraction of sp³-hybridized carbons (Fsp3) is 0.923. The third-order valence-electron chi connectivity index (χ3n) is 4.72. The molecule has 2 heteroatoms. The van der Waals surface area contributed by atoms with Crippen LogP contribution in [-0.2, 0) is 4.79 Å². The van der Waals surface area contributed by atoms with E-state index in [1.54, 1.807) is 0 Å². The molecule has 88 valence electrons. The monoisotopic (exact) mass is 212 g/mol. The van der Waals surface area contributed by atoms with Crippen molar-refractivity contribution in [3.8, 4) is 0 Å². The van der Waals surface area contributed by atoms with Crippen LogP contribution < -0.4 is 0 Å². The molecule has 0 amide bonds. The minimum atomic E-state index is -0.614. The third-order valence-corrected chi connectivity index (χ3v) is 4.72. The number of rotatable bonds is 3. The van der Waals surface area contributed by atoms with Crippen LogP contribution in [-0.4, -0.2) is 11.1 Å². The zero-order valence-electron chi connectivity index (χ0n) is 10.4. The first-order chi connectivity index (χ1) is 6.91. The summed E-state index contributed by atoms with van der Waals surface area (Å²) in [7, 11) is 0. The highest BCUT2D eigenvalue weighted by Crippen LogP contribution is 2.44. The first kappa shape index (κ1) is 12.5. The number of carboxylic acids is 1. The van der Waals surface area contributed by atoms with Gasteiger partial charge < -0.3 is 5.11 Å². The van der Waals surface area contributed by atoms with Gasteiger partial charge in [-0.25, -0.2) is 0 Å². The van der Waals surface area contributed by atoms with E-state index in [9.17, 15) is 9.90 Å². The van der Waals surface area contributed by atoms with Crippen molar-refractivity contribution in [2.45, 2.75) is 53.4 Å². The molecule has 0 radical (unpaired) electrons. The fourth-order valence-electron chi connectivity index (χ4n) is 2.74. The molecule has 0 bridgehead atoms. The summed E-state index contributed by atoms with van der Waals surface area (Å²) in [4.78, 5) is 11.3. The average molecular weight is 212 g/mol. The normalized spacial score (nSPS) is 35.9. The molecule has 1 fully saturated rings. The van der Waals surface area contributed by atoms with Gasteiger partial charge in [0.15, 0.2) is 0 Å². The van der Waals surface area contributed by atoms with E-state index in [4.69, 9.17) is 0 Å². The van der Waals surface area contributed by atoms with Gasteiger partial charge in [0.05, 0.1) is 5.41 Å². The van der Waals surface area contributed by atoms with E-state index in [0.29, 0.717) is 11.8 Å². The van der Waals surface area contributed by atoms with Crippen LogP contribution in [0.5, 0.6) is 0 Å². The van der Waals surface area contributed by atoms with Crippen molar-refractivity contribution in [2.75, 3.05) is 0 Å². The molecule has 4 unspecified atom stereocenters. The Labute approximate surface area is 93.1 Å². The van der Waals surface area contributed by atoms with E-state index >= 15 is 0 Å². The van der Waals surface area contributed by atoms with Gasteiger partial charge in [0.1, 0.15) is 0 Å². The molecule has 0 spiro atoms. The van der Waals surface area contributed by atoms with Crippen LogP contribution in [0.2, 0.25) is 0 Å². The molecule has 0 heterocycles. The fourth-order valence-corrected chi connectivity index (χ4v) is 2.74. The summed E-state index contributed by atoms with van der Waals surface area (Å²) < 4.78 is 0. The van der Waals surface area contributed by atoms with Crippen LogP contribution in [0.15, 0.2) is 0 Å². The molecule has 1 aliphatic carbocycles. The number of aliphatic carboxylic acids is 1. The van der Waals surface area contributed by atoms with Crippen LogP contribution in [0.25, 0.3) is 0 Å². The summed E-state index contributed by atoms with van der Waals surface area (Å²) in [5, 5.41) is 9.34. The van der Waals surface area contributed by atoms with Crippen molar-refractivity contribution >= 4 is 5.97 Å². The number of hydrogen-bond donors (Lipinski definition) is 1. The molecule has 1 aliphatic rings. The predicted octanol–water partition coefficient (Wildman–Crippen LogP) is 3.56. The zero-order chi connectivity index (χ0) is 11.6. The van der Waals surface area contributed by atoms with E-state index < -0.39 is 11.4 Å². The quantitative estimate of drug-likeness (QED) is 0.776. The summed E-state index contributed by atoms with van der Waals surface area (Å²) in [6.45, 7) is 8.46. The molecule has 2 nitrogen and oxygen atoms in total. The third kappa shape index (κ3) is 2.35. The van der Waals surface area contributed by atoms with Crippen molar-refractivity contribution < 1.29 is 9.90 Å². The smallest absolute Gasteiger partial charge is 0.309 e. The number of carboxylic acid groups (broad SMARTS) is 1. The first-order valence-electron chi connectivity index (χ1n) is 6.15. The number of hydrogen-bond acceptors (Lipinski definition) is 1. The molecule has 0 aromatic rings. The lowest BCUT2D eigenvalue weighted by Gasteiger charge is -2.40. The lowest BCUT2D eigenvalue weighted by Crippen LogP contribution is -2.39. The van der Waals surface area contributed by atoms with Gasteiger partial charge >= 0.3 is 5.97 Å². The van der Waals surface area contributed by atoms with Crippen LogP contribution in [0, 0.1) is 23.2 Å². The standard InChI is InChI=1S/C13H24O2/c1-5-13(4,12(14)15)11-7-6-9(2)10(3)8-11/h9-11H,5-8H2,1-4H3,(H,14,15).